The Morgan fingerprint density at radius 1 is 0.706 bits per heavy atom. The first-order valence-corrected chi connectivity index (χ1v) is 6.32. The Hall–Kier alpha value is -1.85. The van der Waals surface area contributed by atoms with Gasteiger partial charge in [0.1, 0.15) is 14.2 Å². The summed E-state index contributed by atoms with van der Waals surface area (Å²) in [6.45, 7) is 0. The molecule has 0 aliphatic heterocycles. The topological polar surface area (TPSA) is 13.1 Å². The summed E-state index contributed by atoms with van der Waals surface area (Å²) in [6, 6.07) is 22.6. The van der Waals surface area contributed by atoms with E-state index in [2.05, 4.69) is 30.3 Å². The molecule has 1 aromatic heterocycles. The smallest absolute Gasteiger partial charge is 0.139 e. The van der Waals surface area contributed by atoms with Crippen LogP contribution in [0.15, 0.2) is 70.9 Å². The molecule has 0 atom stereocenters. The minimum Gasteiger partial charge on any atom is -0.438 e. The number of hydrogen-bond acceptors (Lipinski definition) is 1. The van der Waals surface area contributed by atoms with Crippen LogP contribution in [0.25, 0.3) is 22.2 Å². The first kappa shape index (κ1) is 10.3. The molecule has 3 rings (SSSR count). The van der Waals surface area contributed by atoms with Crippen LogP contribution >= 0.6 is 8.43 Å². The normalized spacial score (nSPS) is 10.8. The van der Waals surface area contributed by atoms with Gasteiger partial charge in [-0.2, -0.15) is 0 Å². The summed E-state index contributed by atoms with van der Waals surface area (Å²) in [4.78, 5) is 0. The molecule has 1 heterocycles. The molecule has 0 amide bonds. The highest BCUT2D eigenvalue weighted by atomic mass is 31.1. The highest BCUT2D eigenvalue weighted by Crippen LogP contribution is 2.35. The lowest BCUT2D eigenvalue weighted by atomic mass is 10.1. The van der Waals surface area contributed by atoms with Gasteiger partial charge >= 0.3 is 0 Å². The maximum absolute atomic E-state index is 5.70. The van der Waals surface area contributed by atoms with E-state index in [-0.39, 0.29) is 0 Å². The first-order chi connectivity index (χ1) is 8.43. The van der Waals surface area contributed by atoms with Gasteiger partial charge in [0.25, 0.3) is 0 Å². The van der Waals surface area contributed by atoms with Gasteiger partial charge in [-0.3, -0.25) is 0 Å². The molecule has 3 aromatic rings. The molecule has 0 fully saturated rings. The average Bonchev–Trinajstić information content (AvgIpc) is 2.90. The second kappa shape index (κ2) is 4.57. The summed E-state index contributed by atoms with van der Waals surface area (Å²) in [5.74, 6) is 0.950. The van der Waals surface area contributed by atoms with Crippen molar-refractivity contribution in [1.29, 1.82) is 0 Å². The maximum atomic E-state index is 5.70. The van der Waals surface area contributed by atoms with E-state index in [4.69, 9.17) is 4.20 Å². The Kier molecular flexibility index (Phi) is 2.77. The van der Waals surface area contributed by atoms with E-state index in [9.17, 15) is 0 Å². The Labute approximate surface area is 102 Å². The molecule has 0 aliphatic rings. The largest absolute Gasteiger partial charge is 0.438 e. The van der Waals surface area contributed by atoms with Gasteiger partial charge in [-0.1, -0.05) is 60.7 Å². The Bertz CT molecular complexity index is 545. The number of hydrogen-bond donors (Lipinski definition) is 0. The zero-order chi connectivity index (χ0) is 11.5. The van der Waals surface area contributed by atoms with Gasteiger partial charge in [0.2, 0.25) is 0 Å². The van der Waals surface area contributed by atoms with Crippen LogP contribution in [0.4, 0.5) is 0 Å². The predicted octanol–water partition coefficient (Wildman–Crippen LogP) is 5.19. The van der Waals surface area contributed by atoms with Crippen LogP contribution in [-0.2, 0) is 0 Å². The van der Waals surface area contributed by atoms with Crippen molar-refractivity contribution < 1.29 is 4.20 Å². The standard InChI is InChI=1S/C15H11OP/c1-3-7-12(8-4-1)14-11-15(17-16-14)13-9-5-2-6-10-13/h1-11H. The fourth-order valence-electron chi connectivity index (χ4n) is 1.76. The van der Waals surface area contributed by atoms with Crippen molar-refractivity contribution in [3.8, 4) is 22.2 Å². The van der Waals surface area contributed by atoms with Gasteiger partial charge in [0.15, 0.2) is 0 Å². The molecule has 0 aliphatic carbocycles. The maximum Gasteiger partial charge on any atom is 0.139 e. The van der Waals surface area contributed by atoms with E-state index in [0.29, 0.717) is 0 Å². The fraction of sp³-hybridized carbons (Fsp3) is 0. The number of benzene rings is 2. The number of rotatable bonds is 2. The highest BCUT2D eigenvalue weighted by Gasteiger charge is 2.06. The Morgan fingerprint density at radius 2 is 1.29 bits per heavy atom. The fourth-order valence-corrected chi connectivity index (χ4v) is 2.54. The molecule has 0 unspecified atom stereocenters. The lowest BCUT2D eigenvalue weighted by Crippen LogP contribution is -1.71. The van der Waals surface area contributed by atoms with Crippen LogP contribution in [0, 0.1) is 0 Å². The lowest BCUT2D eigenvalue weighted by Gasteiger charge is -1.94. The van der Waals surface area contributed by atoms with E-state index < -0.39 is 0 Å². The Balaban J connectivity index is 1.99. The molecule has 1 nitrogen and oxygen atoms in total. The van der Waals surface area contributed by atoms with Crippen molar-refractivity contribution in [3.63, 3.8) is 0 Å². The van der Waals surface area contributed by atoms with Crippen molar-refractivity contribution in [2.24, 2.45) is 0 Å². The molecule has 82 valence electrons. The van der Waals surface area contributed by atoms with Crippen LogP contribution in [-0.4, -0.2) is 0 Å². The van der Waals surface area contributed by atoms with Crippen molar-refractivity contribution in [2.75, 3.05) is 0 Å². The molecule has 0 bridgehead atoms. The molecular formula is C15H11OP. The quantitative estimate of drug-likeness (QED) is 0.598. The highest BCUT2D eigenvalue weighted by molar-refractivity contribution is 7.27. The third-order valence-corrected chi connectivity index (χ3v) is 3.51. The molecule has 2 heteroatoms. The lowest BCUT2D eigenvalue weighted by molar-refractivity contribution is 0.712. The molecule has 0 radical (unpaired) electrons. The van der Waals surface area contributed by atoms with Gasteiger partial charge in [-0.05, 0) is 11.6 Å². The van der Waals surface area contributed by atoms with Crippen LogP contribution in [0.2, 0.25) is 0 Å². The zero-order valence-electron chi connectivity index (χ0n) is 9.21. The molecule has 17 heavy (non-hydrogen) atoms. The summed E-state index contributed by atoms with van der Waals surface area (Å²) in [6.07, 6.45) is 0. The van der Waals surface area contributed by atoms with E-state index in [1.165, 1.54) is 10.9 Å². The van der Waals surface area contributed by atoms with Gasteiger partial charge < -0.3 is 4.20 Å². The summed E-state index contributed by atoms with van der Waals surface area (Å²) in [5, 5.41) is 1.21. The third kappa shape index (κ3) is 2.15. The van der Waals surface area contributed by atoms with Crippen LogP contribution < -0.4 is 0 Å². The molecule has 0 saturated carbocycles. The van der Waals surface area contributed by atoms with Crippen LogP contribution in [0.3, 0.4) is 0 Å². The molecule has 0 spiro atoms. The summed E-state index contributed by atoms with van der Waals surface area (Å²) >= 11 is 0. The minimum atomic E-state index is 0.915. The zero-order valence-corrected chi connectivity index (χ0v) is 10.1. The first-order valence-electron chi connectivity index (χ1n) is 5.51. The summed E-state index contributed by atoms with van der Waals surface area (Å²) in [7, 11) is 0.915. The van der Waals surface area contributed by atoms with E-state index >= 15 is 0 Å². The van der Waals surface area contributed by atoms with E-state index in [0.717, 1.165) is 19.8 Å². The monoisotopic (exact) mass is 238 g/mol. The van der Waals surface area contributed by atoms with Crippen molar-refractivity contribution in [1.82, 2.24) is 0 Å². The second-order valence-electron chi connectivity index (χ2n) is 3.81. The minimum absolute atomic E-state index is 0.915. The van der Waals surface area contributed by atoms with Gasteiger partial charge in [-0.15, -0.1) is 0 Å². The predicted molar refractivity (Wildman–Crippen MR) is 72.1 cm³/mol. The van der Waals surface area contributed by atoms with Gasteiger partial charge in [0, 0.05) is 10.9 Å². The van der Waals surface area contributed by atoms with Gasteiger partial charge in [0.05, 0.1) is 0 Å². The van der Waals surface area contributed by atoms with Gasteiger partial charge in [-0.25, -0.2) is 0 Å². The molecular weight excluding hydrogens is 227 g/mol. The molecule has 2 aromatic carbocycles. The molecule has 0 saturated heterocycles. The van der Waals surface area contributed by atoms with Crippen molar-refractivity contribution >= 4 is 8.43 Å². The summed E-state index contributed by atoms with van der Waals surface area (Å²) in [5.41, 5.74) is 2.35. The average molecular weight is 238 g/mol. The van der Waals surface area contributed by atoms with Crippen molar-refractivity contribution in [2.45, 2.75) is 0 Å². The van der Waals surface area contributed by atoms with Crippen LogP contribution in [0.1, 0.15) is 0 Å². The van der Waals surface area contributed by atoms with Crippen molar-refractivity contribution in [3.05, 3.63) is 66.7 Å². The van der Waals surface area contributed by atoms with E-state index in [1.54, 1.807) is 0 Å². The summed E-state index contributed by atoms with van der Waals surface area (Å²) < 4.78 is 5.70. The molecule has 0 N–H and O–H groups in total. The third-order valence-electron chi connectivity index (χ3n) is 2.64. The van der Waals surface area contributed by atoms with Crippen LogP contribution in [0.5, 0.6) is 0 Å². The van der Waals surface area contributed by atoms with E-state index in [1.807, 2.05) is 36.4 Å². The SMILES string of the molecule is c1ccc(-c2cc(-c3ccccc3)po2)cc1. The Morgan fingerprint density at radius 3 is 1.94 bits per heavy atom. The second-order valence-corrected chi connectivity index (χ2v) is 4.66.